The van der Waals surface area contributed by atoms with Crippen molar-refractivity contribution in [3.8, 4) is 0 Å². The molecule has 0 heterocycles. The predicted molar refractivity (Wildman–Crippen MR) is 86.1 cm³/mol. The van der Waals surface area contributed by atoms with Crippen LogP contribution in [0, 0.1) is 6.92 Å². The third-order valence-corrected chi connectivity index (χ3v) is 4.03. The van der Waals surface area contributed by atoms with Crippen molar-refractivity contribution < 1.29 is 4.79 Å². The summed E-state index contributed by atoms with van der Waals surface area (Å²) >= 11 is 9.46. The summed E-state index contributed by atoms with van der Waals surface area (Å²) in [5.41, 5.74) is 2.67. The first-order valence-electron chi connectivity index (χ1n) is 6.23. The van der Waals surface area contributed by atoms with Crippen LogP contribution in [-0.2, 0) is 6.54 Å². The van der Waals surface area contributed by atoms with Gasteiger partial charge in [0.15, 0.2) is 0 Å². The first-order valence-corrected chi connectivity index (χ1v) is 7.40. The van der Waals surface area contributed by atoms with Crippen molar-refractivity contribution in [3.63, 3.8) is 0 Å². The van der Waals surface area contributed by atoms with E-state index in [1.54, 1.807) is 18.0 Å². The summed E-state index contributed by atoms with van der Waals surface area (Å²) in [5.74, 6) is -0.0326. The maximum Gasteiger partial charge on any atom is 0.253 e. The predicted octanol–water partition coefficient (Wildman–Crippen LogP) is 4.68. The molecule has 0 saturated carbocycles. The van der Waals surface area contributed by atoms with Crippen LogP contribution in [0.3, 0.4) is 0 Å². The van der Waals surface area contributed by atoms with E-state index in [0.29, 0.717) is 17.1 Å². The molecule has 0 saturated heterocycles. The second-order valence-electron chi connectivity index (χ2n) is 4.75. The van der Waals surface area contributed by atoms with Gasteiger partial charge in [0.2, 0.25) is 0 Å². The van der Waals surface area contributed by atoms with Gasteiger partial charge in [-0.3, -0.25) is 4.79 Å². The van der Waals surface area contributed by atoms with Gasteiger partial charge >= 0.3 is 0 Å². The second-order valence-corrected chi connectivity index (χ2v) is 6.07. The van der Waals surface area contributed by atoms with Crippen molar-refractivity contribution >= 4 is 33.4 Å². The molecule has 2 aromatic rings. The lowest BCUT2D eigenvalue weighted by Crippen LogP contribution is -2.26. The first-order chi connectivity index (χ1) is 9.47. The zero-order valence-electron chi connectivity index (χ0n) is 11.4. The molecule has 0 bridgehead atoms. The smallest absolute Gasteiger partial charge is 0.253 e. The molecule has 0 spiro atoms. The largest absolute Gasteiger partial charge is 0.337 e. The summed E-state index contributed by atoms with van der Waals surface area (Å²) < 4.78 is 1.03. The number of nitrogens with zero attached hydrogens (tertiary/aromatic N) is 1. The lowest BCUT2D eigenvalue weighted by Gasteiger charge is -2.17. The molecule has 0 atom stereocenters. The quantitative estimate of drug-likeness (QED) is 0.785. The highest BCUT2D eigenvalue weighted by atomic mass is 79.9. The first kappa shape index (κ1) is 15.1. The lowest BCUT2D eigenvalue weighted by atomic mass is 10.1. The molecule has 2 rings (SSSR count). The van der Waals surface area contributed by atoms with Gasteiger partial charge in [-0.05, 0) is 42.3 Å². The van der Waals surface area contributed by atoms with Gasteiger partial charge < -0.3 is 4.90 Å². The zero-order chi connectivity index (χ0) is 14.7. The normalized spacial score (nSPS) is 10.4. The van der Waals surface area contributed by atoms with Crippen molar-refractivity contribution in [3.05, 3.63) is 68.7 Å². The van der Waals surface area contributed by atoms with Gasteiger partial charge in [-0.2, -0.15) is 0 Å². The van der Waals surface area contributed by atoms with Crippen molar-refractivity contribution in [2.24, 2.45) is 0 Å². The highest BCUT2D eigenvalue weighted by molar-refractivity contribution is 9.10. The molecule has 0 aromatic heterocycles. The number of halogens is 2. The topological polar surface area (TPSA) is 20.3 Å². The Bertz CT molecular complexity index is 625. The van der Waals surface area contributed by atoms with Crippen LogP contribution < -0.4 is 0 Å². The second kappa shape index (κ2) is 6.42. The van der Waals surface area contributed by atoms with E-state index in [2.05, 4.69) is 15.9 Å². The van der Waals surface area contributed by atoms with Crippen LogP contribution in [0.5, 0.6) is 0 Å². The fourth-order valence-corrected chi connectivity index (χ4v) is 2.33. The number of hydrogen-bond acceptors (Lipinski definition) is 1. The van der Waals surface area contributed by atoms with E-state index >= 15 is 0 Å². The molecule has 2 aromatic carbocycles. The Labute approximate surface area is 132 Å². The summed E-state index contributed by atoms with van der Waals surface area (Å²) in [4.78, 5) is 14.0. The molecule has 0 aliphatic carbocycles. The number of carbonyl (C=O) groups excluding carboxylic acids is 1. The Balaban J connectivity index is 2.11. The number of carbonyl (C=O) groups is 1. The standard InChI is InChI=1S/C16H15BrClNO/c1-11-3-6-13(9-15(11)18)16(20)19(2)10-12-4-7-14(17)8-5-12/h3-9H,10H2,1-2H3. The molecule has 0 fully saturated rings. The van der Waals surface area contributed by atoms with Crippen LogP contribution >= 0.6 is 27.5 Å². The molecule has 0 aliphatic rings. The zero-order valence-corrected chi connectivity index (χ0v) is 13.7. The Morgan fingerprint density at radius 2 is 1.85 bits per heavy atom. The number of rotatable bonds is 3. The molecule has 20 heavy (non-hydrogen) atoms. The minimum absolute atomic E-state index is 0.0326. The van der Waals surface area contributed by atoms with Crippen molar-refractivity contribution in [2.75, 3.05) is 7.05 Å². The maximum atomic E-state index is 12.3. The molecule has 4 heteroatoms. The number of benzene rings is 2. The average Bonchev–Trinajstić information content (AvgIpc) is 2.43. The van der Waals surface area contributed by atoms with E-state index in [1.807, 2.05) is 43.3 Å². The van der Waals surface area contributed by atoms with Gasteiger partial charge in [-0.1, -0.05) is 45.7 Å². The fraction of sp³-hybridized carbons (Fsp3) is 0.188. The van der Waals surface area contributed by atoms with Crippen molar-refractivity contribution in [2.45, 2.75) is 13.5 Å². The summed E-state index contributed by atoms with van der Waals surface area (Å²) in [6, 6.07) is 13.3. The Hall–Kier alpha value is -1.32. The van der Waals surface area contributed by atoms with Crippen LogP contribution in [0.4, 0.5) is 0 Å². The van der Waals surface area contributed by atoms with E-state index in [9.17, 15) is 4.79 Å². The Morgan fingerprint density at radius 1 is 1.20 bits per heavy atom. The summed E-state index contributed by atoms with van der Waals surface area (Å²) in [5, 5.41) is 0.618. The molecule has 0 radical (unpaired) electrons. The van der Waals surface area contributed by atoms with Crippen LogP contribution in [0.2, 0.25) is 5.02 Å². The SMILES string of the molecule is Cc1ccc(C(=O)N(C)Cc2ccc(Br)cc2)cc1Cl. The highest BCUT2D eigenvalue weighted by Gasteiger charge is 2.13. The molecule has 1 amide bonds. The van der Waals surface area contributed by atoms with Gasteiger partial charge in [0.05, 0.1) is 0 Å². The van der Waals surface area contributed by atoms with Crippen LogP contribution in [0.25, 0.3) is 0 Å². The van der Waals surface area contributed by atoms with Gasteiger partial charge in [-0.15, -0.1) is 0 Å². The van der Waals surface area contributed by atoms with E-state index in [0.717, 1.165) is 15.6 Å². The van der Waals surface area contributed by atoms with E-state index in [-0.39, 0.29) is 5.91 Å². The van der Waals surface area contributed by atoms with Crippen LogP contribution in [0.1, 0.15) is 21.5 Å². The minimum atomic E-state index is -0.0326. The maximum absolute atomic E-state index is 12.3. The minimum Gasteiger partial charge on any atom is -0.337 e. The fourth-order valence-electron chi connectivity index (χ4n) is 1.88. The Kier molecular flexibility index (Phi) is 4.84. The number of amides is 1. The van der Waals surface area contributed by atoms with Gasteiger partial charge in [0.1, 0.15) is 0 Å². The van der Waals surface area contributed by atoms with Crippen molar-refractivity contribution in [1.82, 2.24) is 4.90 Å². The summed E-state index contributed by atoms with van der Waals surface area (Å²) in [6.07, 6.45) is 0. The van der Waals surface area contributed by atoms with Gasteiger partial charge in [0, 0.05) is 28.7 Å². The van der Waals surface area contributed by atoms with Crippen molar-refractivity contribution in [1.29, 1.82) is 0 Å². The van der Waals surface area contributed by atoms with Crippen LogP contribution in [-0.4, -0.2) is 17.9 Å². The van der Waals surface area contributed by atoms with Crippen LogP contribution in [0.15, 0.2) is 46.9 Å². The van der Waals surface area contributed by atoms with Gasteiger partial charge in [0.25, 0.3) is 5.91 Å². The molecule has 2 nitrogen and oxygen atoms in total. The molecular weight excluding hydrogens is 338 g/mol. The monoisotopic (exact) mass is 351 g/mol. The number of aryl methyl sites for hydroxylation is 1. The molecular formula is C16H15BrClNO. The molecule has 104 valence electrons. The number of hydrogen-bond donors (Lipinski definition) is 0. The highest BCUT2D eigenvalue weighted by Crippen LogP contribution is 2.18. The molecule has 0 unspecified atom stereocenters. The van der Waals surface area contributed by atoms with E-state index in [4.69, 9.17) is 11.6 Å². The third kappa shape index (κ3) is 3.62. The van der Waals surface area contributed by atoms with E-state index < -0.39 is 0 Å². The van der Waals surface area contributed by atoms with Gasteiger partial charge in [-0.25, -0.2) is 0 Å². The summed E-state index contributed by atoms with van der Waals surface area (Å²) in [6.45, 7) is 2.49. The third-order valence-electron chi connectivity index (χ3n) is 3.10. The average molecular weight is 353 g/mol. The molecule has 0 aliphatic heterocycles. The Morgan fingerprint density at radius 3 is 2.45 bits per heavy atom. The lowest BCUT2D eigenvalue weighted by molar-refractivity contribution is 0.0785. The molecule has 0 N–H and O–H groups in total. The van der Waals surface area contributed by atoms with E-state index in [1.165, 1.54) is 0 Å². The summed E-state index contributed by atoms with van der Waals surface area (Å²) in [7, 11) is 1.79.